The Balaban J connectivity index is 1.69. The summed E-state index contributed by atoms with van der Waals surface area (Å²) >= 11 is 1.63. The first kappa shape index (κ1) is 20.9. The molecule has 2 heterocycles. The van der Waals surface area contributed by atoms with Gasteiger partial charge in [-0.3, -0.25) is 14.3 Å². The monoisotopic (exact) mass is 415 g/mol. The highest BCUT2D eigenvalue weighted by Gasteiger charge is 2.22. The molecule has 8 nitrogen and oxygen atoms in total. The number of amides is 1. The highest BCUT2D eigenvalue weighted by molar-refractivity contribution is 7.97. The number of benzene rings is 1. The molecule has 1 aromatic carbocycles. The van der Waals surface area contributed by atoms with E-state index < -0.39 is 18.0 Å². The van der Waals surface area contributed by atoms with Crippen LogP contribution in [0.5, 0.6) is 0 Å². The van der Waals surface area contributed by atoms with Gasteiger partial charge in [0.1, 0.15) is 12.4 Å². The van der Waals surface area contributed by atoms with E-state index in [1.807, 2.05) is 56.0 Å². The van der Waals surface area contributed by atoms with Crippen molar-refractivity contribution in [2.45, 2.75) is 39.2 Å². The fourth-order valence-electron chi connectivity index (χ4n) is 3.14. The normalized spacial score (nSPS) is 12.2. The van der Waals surface area contributed by atoms with Gasteiger partial charge in [0.2, 0.25) is 0 Å². The van der Waals surface area contributed by atoms with Crippen LogP contribution in [0, 0.1) is 13.8 Å². The van der Waals surface area contributed by atoms with E-state index in [0.29, 0.717) is 17.1 Å². The van der Waals surface area contributed by atoms with Crippen LogP contribution in [0.4, 0.5) is 5.69 Å². The molecule has 29 heavy (non-hydrogen) atoms. The highest BCUT2D eigenvalue weighted by Crippen LogP contribution is 2.20. The summed E-state index contributed by atoms with van der Waals surface area (Å²) in [6, 6.07) is 7.65. The average Bonchev–Trinajstić information content (AvgIpc) is 3.13. The smallest absolute Gasteiger partial charge is 0.326 e. The lowest BCUT2D eigenvalue weighted by Gasteiger charge is -2.15. The Morgan fingerprint density at radius 1 is 1.28 bits per heavy atom. The number of esters is 1. The number of rotatable bonds is 7. The Bertz CT molecular complexity index is 1060. The van der Waals surface area contributed by atoms with Crippen LogP contribution in [-0.4, -0.2) is 43.6 Å². The van der Waals surface area contributed by atoms with Crippen molar-refractivity contribution in [3.8, 4) is 0 Å². The molecular formula is C20H25N5O3S. The number of carbonyl (C=O) groups excluding carboxylic acids is 2. The van der Waals surface area contributed by atoms with Crippen molar-refractivity contribution in [2.24, 2.45) is 7.05 Å². The van der Waals surface area contributed by atoms with Gasteiger partial charge in [-0.2, -0.15) is 16.9 Å². The maximum absolute atomic E-state index is 12.5. The molecule has 0 bridgehead atoms. The van der Waals surface area contributed by atoms with Gasteiger partial charge in [-0.1, -0.05) is 12.1 Å². The zero-order chi connectivity index (χ0) is 21.1. The molecule has 0 saturated heterocycles. The lowest BCUT2D eigenvalue weighted by atomic mass is 10.3. The molecule has 0 aliphatic carbocycles. The summed E-state index contributed by atoms with van der Waals surface area (Å²) in [5, 5.41) is 7.07. The minimum absolute atomic E-state index is 0.00102. The second-order valence-corrected chi connectivity index (χ2v) is 7.69. The van der Waals surface area contributed by atoms with Crippen LogP contribution < -0.4 is 5.32 Å². The van der Waals surface area contributed by atoms with Crippen molar-refractivity contribution in [3.63, 3.8) is 0 Å². The number of nitrogens with one attached hydrogen (secondary N) is 1. The van der Waals surface area contributed by atoms with Gasteiger partial charge in [-0.25, -0.2) is 4.98 Å². The van der Waals surface area contributed by atoms with Crippen LogP contribution in [-0.2, 0) is 33.7 Å². The molecule has 1 atom stereocenters. The van der Waals surface area contributed by atoms with E-state index in [1.54, 1.807) is 23.4 Å². The molecular weight excluding hydrogens is 390 g/mol. The van der Waals surface area contributed by atoms with E-state index in [9.17, 15) is 9.59 Å². The summed E-state index contributed by atoms with van der Waals surface area (Å²) in [6.45, 7) is 5.24. The molecule has 9 heteroatoms. The maximum atomic E-state index is 12.5. The fraction of sp³-hybridized carbons (Fsp3) is 0.400. The largest absolute Gasteiger partial charge is 0.451 e. The van der Waals surface area contributed by atoms with Gasteiger partial charge in [-0.05, 0) is 39.2 Å². The summed E-state index contributed by atoms with van der Waals surface area (Å²) < 4.78 is 8.93. The number of anilines is 1. The first-order valence-corrected chi connectivity index (χ1v) is 10.6. The summed E-state index contributed by atoms with van der Waals surface area (Å²) in [5.41, 5.74) is 3.89. The van der Waals surface area contributed by atoms with E-state index in [4.69, 9.17) is 4.74 Å². The predicted octanol–water partition coefficient (Wildman–Crippen LogP) is 2.82. The zero-order valence-electron chi connectivity index (χ0n) is 17.2. The lowest BCUT2D eigenvalue weighted by molar-refractivity contribution is -0.153. The van der Waals surface area contributed by atoms with E-state index in [2.05, 4.69) is 15.4 Å². The molecule has 0 spiro atoms. The van der Waals surface area contributed by atoms with Crippen LogP contribution >= 0.6 is 11.8 Å². The number of aryl methyl sites for hydroxylation is 2. The van der Waals surface area contributed by atoms with Gasteiger partial charge in [0.25, 0.3) is 5.91 Å². The Hall–Kier alpha value is -2.81. The summed E-state index contributed by atoms with van der Waals surface area (Å²) in [4.78, 5) is 29.6. The predicted molar refractivity (Wildman–Crippen MR) is 114 cm³/mol. The number of hydrogen-bond donors (Lipinski definition) is 1. The SMILES string of the molecule is CSCc1nc2ccccc2n1CC(=O)O[C@H](C)C(=O)Nc1c(C)nn(C)c1C. The Morgan fingerprint density at radius 2 is 2.00 bits per heavy atom. The average molecular weight is 416 g/mol. The van der Waals surface area contributed by atoms with Crippen molar-refractivity contribution in [1.82, 2.24) is 19.3 Å². The number of nitrogens with zero attached hydrogens (tertiary/aromatic N) is 4. The third-order valence-corrected chi connectivity index (χ3v) is 5.28. The molecule has 154 valence electrons. The molecule has 0 saturated carbocycles. The van der Waals surface area contributed by atoms with E-state index in [-0.39, 0.29) is 6.54 Å². The summed E-state index contributed by atoms with van der Waals surface area (Å²) in [5.74, 6) is 0.599. The second kappa shape index (κ2) is 8.69. The maximum Gasteiger partial charge on any atom is 0.326 e. The van der Waals surface area contributed by atoms with E-state index in [1.165, 1.54) is 0 Å². The van der Waals surface area contributed by atoms with Gasteiger partial charge in [0, 0.05) is 7.05 Å². The fourth-order valence-corrected chi connectivity index (χ4v) is 3.62. The topological polar surface area (TPSA) is 91.0 Å². The number of fused-ring (bicyclic) bond motifs is 1. The minimum atomic E-state index is -0.930. The van der Waals surface area contributed by atoms with Crippen molar-refractivity contribution in [2.75, 3.05) is 11.6 Å². The minimum Gasteiger partial charge on any atom is -0.451 e. The second-order valence-electron chi connectivity index (χ2n) is 6.83. The van der Waals surface area contributed by atoms with Crippen LogP contribution in [0.2, 0.25) is 0 Å². The standard InChI is InChI=1S/C20H25N5O3S/c1-12-19(13(2)24(4)23-12)22-20(27)14(3)28-18(26)10-25-16-9-7-6-8-15(16)21-17(25)11-29-5/h6-9,14H,10-11H2,1-5H3,(H,22,27)/t14-/m1/s1. The van der Waals surface area contributed by atoms with Crippen LogP contribution in [0.15, 0.2) is 24.3 Å². The van der Waals surface area contributed by atoms with Gasteiger partial charge < -0.3 is 14.6 Å². The van der Waals surface area contributed by atoms with Crippen molar-refractivity contribution in [3.05, 3.63) is 41.5 Å². The van der Waals surface area contributed by atoms with Gasteiger partial charge in [0.15, 0.2) is 6.10 Å². The first-order valence-electron chi connectivity index (χ1n) is 9.25. The summed E-state index contributed by atoms with van der Waals surface area (Å²) in [7, 11) is 1.81. The molecule has 0 unspecified atom stereocenters. The Morgan fingerprint density at radius 3 is 2.66 bits per heavy atom. The zero-order valence-corrected chi connectivity index (χ0v) is 18.0. The molecule has 0 fully saturated rings. The molecule has 2 aromatic heterocycles. The third-order valence-electron chi connectivity index (χ3n) is 4.73. The number of aromatic nitrogens is 4. The molecule has 3 rings (SSSR count). The molecule has 0 aliphatic heterocycles. The number of para-hydroxylation sites is 2. The Kier molecular flexibility index (Phi) is 6.26. The van der Waals surface area contributed by atoms with Crippen molar-refractivity contribution < 1.29 is 14.3 Å². The molecule has 0 radical (unpaired) electrons. The van der Waals surface area contributed by atoms with Crippen LogP contribution in [0.1, 0.15) is 24.1 Å². The first-order chi connectivity index (χ1) is 13.8. The summed E-state index contributed by atoms with van der Waals surface area (Å²) in [6.07, 6.45) is 1.05. The number of thioether (sulfide) groups is 1. The molecule has 1 amide bonds. The Labute approximate surface area is 173 Å². The number of carbonyl (C=O) groups is 2. The van der Waals surface area contributed by atoms with Crippen molar-refractivity contribution >= 4 is 40.4 Å². The van der Waals surface area contributed by atoms with Gasteiger partial charge in [-0.15, -0.1) is 0 Å². The molecule has 1 N–H and O–H groups in total. The van der Waals surface area contributed by atoms with Gasteiger partial charge in [0.05, 0.1) is 33.9 Å². The van der Waals surface area contributed by atoms with Crippen LogP contribution in [0.25, 0.3) is 11.0 Å². The number of ether oxygens (including phenoxy) is 1. The quantitative estimate of drug-likeness (QED) is 0.597. The van der Waals surface area contributed by atoms with Crippen molar-refractivity contribution in [1.29, 1.82) is 0 Å². The highest BCUT2D eigenvalue weighted by atomic mass is 32.2. The lowest BCUT2D eigenvalue weighted by Crippen LogP contribution is -2.31. The van der Waals surface area contributed by atoms with Gasteiger partial charge >= 0.3 is 5.97 Å². The van der Waals surface area contributed by atoms with E-state index in [0.717, 1.165) is 22.6 Å². The number of imidazole rings is 1. The van der Waals surface area contributed by atoms with E-state index >= 15 is 0 Å². The third kappa shape index (κ3) is 4.45. The number of hydrogen-bond acceptors (Lipinski definition) is 6. The van der Waals surface area contributed by atoms with Crippen LogP contribution in [0.3, 0.4) is 0 Å². The molecule has 0 aliphatic rings. The molecule has 3 aromatic rings.